The van der Waals surface area contributed by atoms with Crippen LogP contribution in [0.25, 0.3) is 0 Å². The van der Waals surface area contributed by atoms with E-state index < -0.39 is 5.41 Å². The van der Waals surface area contributed by atoms with Gasteiger partial charge in [0.15, 0.2) is 5.96 Å². The number of likely N-dealkylation sites (N-methyl/N-ethyl adjacent to an activating group) is 1. The van der Waals surface area contributed by atoms with Crippen LogP contribution < -0.4 is 15.4 Å². The summed E-state index contributed by atoms with van der Waals surface area (Å²) in [4.78, 5) is 18.5. The molecule has 1 rings (SSSR count). The summed E-state index contributed by atoms with van der Waals surface area (Å²) in [6.07, 6.45) is 0. The van der Waals surface area contributed by atoms with Gasteiger partial charge in [0.1, 0.15) is 12.4 Å². The average Bonchev–Trinajstić information content (AvgIpc) is 2.59. The second kappa shape index (κ2) is 12.0. The Bertz CT molecular complexity index is 591. The predicted octanol–water partition coefficient (Wildman–Crippen LogP) is 2.66. The van der Waals surface area contributed by atoms with Gasteiger partial charge in [-0.2, -0.15) is 0 Å². The van der Waals surface area contributed by atoms with Crippen LogP contribution in [0.15, 0.2) is 29.3 Å². The van der Waals surface area contributed by atoms with Crippen LogP contribution in [0.1, 0.15) is 26.3 Å². The number of hydrogen-bond acceptors (Lipinski definition) is 3. The first-order valence-corrected chi connectivity index (χ1v) is 8.72. The van der Waals surface area contributed by atoms with Gasteiger partial charge in [0, 0.05) is 20.6 Å². The fourth-order valence-corrected chi connectivity index (χ4v) is 2.27. The van der Waals surface area contributed by atoms with E-state index in [1.165, 1.54) is 0 Å². The zero-order valence-corrected chi connectivity index (χ0v) is 19.1. The van der Waals surface area contributed by atoms with Crippen molar-refractivity contribution in [1.29, 1.82) is 0 Å². The Morgan fingerprint density at radius 2 is 1.96 bits per heavy atom. The first kappa shape index (κ1) is 24.5. The Balaban J connectivity index is 0.00000625. The number of ether oxygens (including phenoxy) is 1. The molecule has 1 amide bonds. The first-order valence-electron chi connectivity index (χ1n) is 8.72. The SMILES string of the molecule is CCNC(=NCC(C)(C)C(=O)NC)N(C)CCOc1ccccc1C.I. The zero-order chi connectivity index (χ0) is 18.9. The molecule has 0 heterocycles. The number of nitrogens with zero attached hydrogens (tertiary/aromatic N) is 2. The minimum atomic E-state index is -0.548. The van der Waals surface area contributed by atoms with Gasteiger partial charge < -0.3 is 20.3 Å². The summed E-state index contributed by atoms with van der Waals surface area (Å²) in [6.45, 7) is 10.3. The van der Waals surface area contributed by atoms with Crippen LogP contribution >= 0.6 is 24.0 Å². The third-order valence-corrected chi connectivity index (χ3v) is 3.94. The number of aliphatic imine (C=N–C) groups is 1. The van der Waals surface area contributed by atoms with Crippen molar-refractivity contribution in [1.82, 2.24) is 15.5 Å². The molecular weight excluding hydrogens is 443 g/mol. The van der Waals surface area contributed by atoms with Crippen LogP contribution in [0.5, 0.6) is 5.75 Å². The molecule has 1 aromatic carbocycles. The fraction of sp³-hybridized carbons (Fsp3) is 0.579. The number of benzene rings is 1. The lowest BCUT2D eigenvalue weighted by atomic mass is 9.93. The van der Waals surface area contributed by atoms with Crippen LogP contribution in [0, 0.1) is 12.3 Å². The number of para-hydroxylation sites is 1. The van der Waals surface area contributed by atoms with Gasteiger partial charge in [-0.3, -0.25) is 9.79 Å². The predicted molar refractivity (Wildman–Crippen MR) is 119 cm³/mol. The second-order valence-electron chi connectivity index (χ2n) is 6.67. The van der Waals surface area contributed by atoms with E-state index in [-0.39, 0.29) is 29.9 Å². The molecule has 1 aromatic rings. The maximum absolute atomic E-state index is 11.9. The monoisotopic (exact) mass is 476 g/mol. The highest BCUT2D eigenvalue weighted by atomic mass is 127. The summed E-state index contributed by atoms with van der Waals surface area (Å²) in [5, 5.41) is 5.95. The fourth-order valence-electron chi connectivity index (χ4n) is 2.27. The van der Waals surface area contributed by atoms with E-state index in [0.717, 1.165) is 23.8 Å². The number of amides is 1. The minimum Gasteiger partial charge on any atom is -0.491 e. The summed E-state index contributed by atoms with van der Waals surface area (Å²) < 4.78 is 5.85. The smallest absolute Gasteiger partial charge is 0.227 e. The Hall–Kier alpha value is -1.51. The normalized spacial score (nSPS) is 11.4. The standard InChI is InChI=1S/C19H32N4O2.HI/c1-7-21-18(22-14-19(3,4)17(24)20-5)23(6)12-13-25-16-11-9-8-10-15(16)2;/h8-11H,7,12-14H2,1-6H3,(H,20,24)(H,21,22);1H. The van der Waals surface area contributed by atoms with E-state index in [9.17, 15) is 4.79 Å². The third kappa shape index (κ3) is 7.80. The number of aryl methyl sites for hydroxylation is 1. The van der Waals surface area contributed by atoms with E-state index >= 15 is 0 Å². The van der Waals surface area contributed by atoms with Gasteiger partial charge in [-0.15, -0.1) is 24.0 Å². The van der Waals surface area contributed by atoms with E-state index in [4.69, 9.17) is 4.74 Å². The molecule has 0 bridgehead atoms. The van der Waals surface area contributed by atoms with Gasteiger partial charge in [-0.25, -0.2) is 0 Å². The van der Waals surface area contributed by atoms with Gasteiger partial charge in [-0.05, 0) is 39.3 Å². The molecule has 0 spiro atoms. The number of carbonyl (C=O) groups excluding carboxylic acids is 1. The van der Waals surface area contributed by atoms with Gasteiger partial charge in [0.25, 0.3) is 0 Å². The summed E-state index contributed by atoms with van der Waals surface area (Å²) in [6, 6.07) is 7.98. The first-order chi connectivity index (χ1) is 11.8. The lowest BCUT2D eigenvalue weighted by molar-refractivity contribution is -0.128. The van der Waals surface area contributed by atoms with Crippen molar-refractivity contribution in [2.24, 2.45) is 10.4 Å². The lowest BCUT2D eigenvalue weighted by Gasteiger charge is -2.25. The molecule has 0 aromatic heterocycles. The van der Waals surface area contributed by atoms with Crippen LogP contribution in [0.3, 0.4) is 0 Å². The maximum Gasteiger partial charge on any atom is 0.227 e. The molecule has 0 unspecified atom stereocenters. The van der Waals surface area contributed by atoms with Crippen molar-refractivity contribution in [2.45, 2.75) is 27.7 Å². The molecular formula is C19H33IN4O2. The Labute approximate surface area is 174 Å². The molecule has 0 aliphatic carbocycles. The quantitative estimate of drug-likeness (QED) is 0.344. The number of carbonyl (C=O) groups is 1. The Morgan fingerprint density at radius 3 is 2.54 bits per heavy atom. The van der Waals surface area contributed by atoms with Crippen molar-refractivity contribution in [3.63, 3.8) is 0 Å². The van der Waals surface area contributed by atoms with Gasteiger partial charge in [0.05, 0.1) is 18.5 Å². The van der Waals surface area contributed by atoms with Gasteiger partial charge in [0.2, 0.25) is 5.91 Å². The molecule has 6 nitrogen and oxygen atoms in total. The summed E-state index contributed by atoms with van der Waals surface area (Å²) in [5.74, 6) is 1.66. The molecule has 0 saturated heterocycles. The highest BCUT2D eigenvalue weighted by Crippen LogP contribution is 2.16. The number of nitrogens with one attached hydrogen (secondary N) is 2. The Kier molecular flexibility index (Phi) is 11.3. The van der Waals surface area contributed by atoms with Crippen LogP contribution in [-0.2, 0) is 4.79 Å². The highest BCUT2D eigenvalue weighted by Gasteiger charge is 2.26. The average molecular weight is 476 g/mol. The summed E-state index contributed by atoms with van der Waals surface area (Å²) in [5.41, 5.74) is 0.575. The lowest BCUT2D eigenvalue weighted by Crippen LogP contribution is -2.43. The molecule has 148 valence electrons. The number of halogens is 1. The zero-order valence-electron chi connectivity index (χ0n) is 16.8. The topological polar surface area (TPSA) is 66.0 Å². The van der Waals surface area contributed by atoms with Crippen LogP contribution in [0.4, 0.5) is 0 Å². The van der Waals surface area contributed by atoms with Crippen molar-refractivity contribution in [3.05, 3.63) is 29.8 Å². The molecule has 0 aliphatic rings. The van der Waals surface area contributed by atoms with Crippen molar-refractivity contribution >= 4 is 35.8 Å². The number of hydrogen-bond donors (Lipinski definition) is 2. The van der Waals surface area contributed by atoms with E-state index in [1.807, 2.05) is 63.9 Å². The molecule has 7 heteroatoms. The third-order valence-electron chi connectivity index (χ3n) is 3.94. The van der Waals surface area contributed by atoms with Gasteiger partial charge in [-0.1, -0.05) is 18.2 Å². The van der Waals surface area contributed by atoms with Crippen LogP contribution in [0.2, 0.25) is 0 Å². The van der Waals surface area contributed by atoms with E-state index in [1.54, 1.807) is 7.05 Å². The maximum atomic E-state index is 11.9. The minimum absolute atomic E-state index is 0. The van der Waals surface area contributed by atoms with Crippen molar-refractivity contribution in [3.8, 4) is 5.75 Å². The Morgan fingerprint density at radius 1 is 1.31 bits per heavy atom. The summed E-state index contributed by atoms with van der Waals surface area (Å²) in [7, 11) is 3.61. The number of rotatable bonds is 8. The number of guanidine groups is 1. The molecule has 0 radical (unpaired) electrons. The van der Waals surface area contributed by atoms with Crippen LogP contribution in [-0.4, -0.2) is 57.1 Å². The second-order valence-corrected chi connectivity index (χ2v) is 6.67. The molecule has 0 atom stereocenters. The van der Waals surface area contributed by atoms with E-state index in [2.05, 4.69) is 15.6 Å². The molecule has 2 N–H and O–H groups in total. The molecule has 0 aliphatic heterocycles. The van der Waals surface area contributed by atoms with Gasteiger partial charge >= 0.3 is 0 Å². The highest BCUT2D eigenvalue weighted by molar-refractivity contribution is 14.0. The van der Waals surface area contributed by atoms with E-state index in [0.29, 0.717) is 19.7 Å². The molecule has 26 heavy (non-hydrogen) atoms. The summed E-state index contributed by atoms with van der Waals surface area (Å²) >= 11 is 0. The molecule has 0 saturated carbocycles. The van der Waals surface area contributed by atoms with Crippen molar-refractivity contribution in [2.75, 3.05) is 40.3 Å². The van der Waals surface area contributed by atoms with Crippen molar-refractivity contribution < 1.29 is 9.53 Å². The largest absolute Gasteiger partial charge is 0.491 e. The molecule has 0 fully saturated rings.